The van der Waals surface area contributed by atoms with Crippen molar-refractivity contribution < 1.29 is 9.31 Å². The lowest BCUT2D eigenvalue weighted by Gasteiger charge is -2.03. The number of hydrogen-bond donors (Lipinski definition) is 1. The van der Waals surface area contributed by atoms with Crippen molar-refractivity contribution in [3.8, 4) is 5.69 Å². The van der Waals surface area contributed by atoms with E-state index in [4.69, 9.17) is 0 Å². The van der Waals surface area contributed by atoms with Crippen LogP contribution in [0.2, 0.25) is 0 Å². The van der Waals surface area contributed by atoms with E-state index in [0.29, 0.717) is 12.6 Å². The number of aromatic nitrogens is 2. The lowest BCUT2D eigenvalue weighted by atomic mass is 10.2. The molecule has 7 heteroatoms. The average molecular weight is 276 g/mol. The fraction of sp³-hybridized carbons (Fsp3) is 0.308. The minimum atomic E-state index is -0.663. The number of nitrogens with zero attached hydrogens (tertiary/aromatic N) is 3. The maximum Gasteiger partial charge on any atom is 0.272 e. The zero-order valence-corrected chi connectivity index (χ0v) is 10.6. The highest BCUT2D eigenvalue weighted by atomic mass is 19.1. The third-order valence-electron chi connectivity index (χ3n) is 3.18. The Labute approximate surface area is 114 Å². The van der Waals surface area contributed by atoms with Crippen molar-refractivity contribution in [2.75, 3.05) is 0 Å². The first-order valence-corrected chi connectivity index (χ1v) is 6.36. The zero-order valence-electron chi connectivity index (χ0n) is 10.6. The molecular weight excluding hydrogens is 263 g/mol. The van der Waals surface area contributed by atoms with Crippen LogP contribution >= 0.6 is 0 Å². The van der Waals surface area contributed by atoms with E-state index in [1.807, 2.05) is 0 Å². The topological polar surface area (TPSA) is 73.0 Å². The van der Waals surface area contributed by atoms with Crippen molar-refractivity contribution in [2.24, 2.45) is 0 Å². The Hall–Kier alpha value is -2.28. The molecule has 0 amide bonds. The van der Waals surface area contributed by atoms with Gasteiger partial charge in [0.2, 0.25) is 0 Å². The normalized spacial score (nSPS) is 14.4. The summed E-state index contributed by atoms with van der Waals surface area (Å²) < 4.78 is 15.2. The highest BCUT2D eigenvalue weighted by Crippen LogP contribution is 2.21. The summed E-state index contributed by atoms with van der Waals surface area (Å²) >= 11 is 0. The minimum absolute atomic E-state index is 0.202. The zero-order chi connectivity index (χ0) is 14.1. The van der Waals surface area contributed by atoms with Crippen LogP contribution in [-0.4, -0.2) is 20.7 Å². The number of nitrogens with one attached hydrogen (secondary N) is 1. The van der Waals surface area contributed by atoms with Crippen molar-refractivity contribution in [3.63, 3.8) is 0 Å². The van der Waals surface area contributed by atoms with E-state index in [2.05, 4.69) is 10.4 Å². The molecule has 2 aromatic rings. The largest absolute Gasteiger partial charge is 0.308 e. The highest BCUT2D eigenvalue weighted by molar-refractivity contribution is 5.42. The number of non-ortho nitro benzene ring substituents is 1. The van der Waals surface area contributed by atoms with Crippen molar-refractivity contribution in [1.82, 2.24) is 15.1 Å². The van der Waals surface area contributed by atoms with Crippen molar-refractivity contribution >= 4 is 5.69 Å². The molecule has 0 atom stereocenters. The van der Waals surface area contributed by atoms with Crippen molar-refractivity contribution in [3.05, 3.63) is 52.1 Å². The van der Waals surface area contributed by atoms with Crippen LogP contribution in [0.5, 0.6) is 0 Å². The lowest BCUT2D eigenvalue weighted by Crippen LogP contribution is -2.15. The Morgan fingerprint density at radius 2 is 2.25 bits per heavy atom. The van der Waals surface area contributed by atoms with Gasteiger partial charge in [-0.2, -0.15) is 5.10 Å². The van der Waals surface area contributed by atoms with E-state index in [-0.39, 0.29) is 11.4 Å². The van der Waals surface area contributed by atoms with Gasteiger partial charge in [0.25, 0.3) is 5.69 Å². The first-order chi connectivity index (χ1) is 9.63. The number of halogens is 1. The van der Waals surface area contributed by atoms with Gasteiger partial charge in [-0.1, -0.05) is 0 Å². The van der Waals surface area contributed by atoms with Gasteiger partial charge in [-0.3, -0.25) is 10.1 Å². The molecule has 0 bridgehead atoms. The smallest absolute Gasteiger partial charge is 0.272 e. The summed E-state index contributed by atoms with van der Waals surface area (Å²) in [5.74, 6) is -0.663. The monoisotopic (exact) mass is 276 g/mol. The first kappa shape index (κ1) is 12.7. The van der Waals surface area contributed by atoms with E-state index < -0.39 is 10.7 Å². The van der Waals surface area contributed by atoms with Crippen LogP contribution in [-0.2, 0) is 6.54 Å². The minimum Gasteiger partial charge on any atom is -0.308 e. The van der Waals surface area contributed by atoms with Gasteiger partial charge < -0.3 is 5.32 Å². The molecule has 1 N–H and O–H groups in total. The lowest BCUT2D eigenvalue weighted by molar-refractivity contribution is -0.385. The van der Waals surface area contributed by atoms with Crippen molar-refractivity contribution in [1.29, 1.82) is 0 Å². The predicted octanol–water partition coefficient (Wildman–Crippen LogP) is 2.17. The fourth-order valence-corrected chi connectivity index (χ4v) is 1.92. The maximum absolute atomic E-state index is 13.8. The van der Waals surface area contributed by atoms with E-state index in [0.717, 1.165) is 11.8 Å². The predicted molar refractivity (Wildman–Crippen MR) is 70.0 cm³/mol. The number of hydrogen-bond acceptors (Lipinski definition) is 4. The Morgan fingerprint density at radius 3 is 2.90 bits per heavy atom. The second-order valence-electron chi connectivity index (χ2n) is 4.80. The van der Waals surface area contributed by atoms with Gasteiger partial charge in [-0.25, -0.2) is 9.07 Å². The molecule has 0 saturated heterocycles. The van der Waals surface area contributed by atoms with E-state index >= 15 is 0 Å². The van der Waals surface area contributed by atoms with Gasteiger partial charge in [0.1, 0.15) is 5.69 Å². The van der Waals surface area contributed by atoms with Crippen LogP contribution in [0, 0.1) is 15.9 Å². The van der Waals surface area contributed by atoms with Gasteiger partial charge in [0.15, 0.2) is 5.82 Å². The summed E-state index contributed by atoms with van der Waals surface area (Å²) in [6.45, 7) is 0.645. The van der Waals surface area contributed by atoms with Gasteiger partial charge in [-0.15, -0.1) is 0 Å². The van der Waals surface area contributed by atoms with Gasteiger partial charge in [0, 0.05) is 24.8 Å². The molecule has 1 aromatic carbocycles. The van der Waals surface area contributed by atoms with Crippen LogP contribution in [0.4, 0.5) is 10.1 Å². The molecule has 0 spiro atoms. The Bertz CT molecular complexity index is 652. The van der Waals surface area contributed by atoms with E-state index in [9.17, 15) is 14.5 Å². The van der Waals surface area contributed by atoms with E-state index in [1.54, 1.807) is 12.3 Å². The fourth-order valence-electron chi connectivity index (χ4n) is 1.92. The molecule has 1 fully saturated rings. The summed E-state index contributed by atoms with van der Waals surface area (Å²) in [4.78, 5) is 9.94. The molecular formula is C13H13FN4O2. The van der Waals surface area contributed by atoms with Gasteiger partial charge in [-0.05, 0) is 25.0 Å². The Balaban J connectivity index is 1.79. The molecule has 0 aliphatic heterocycles. The molecule has 1 heterocycles. The quantitative estimate of drug-likeness (QED) is 0.671. The Kier molecular flexibility index (Phi) is 3.19. The molecule has 1 aromatic heterocycles. The molecule has 6 nitrogen and oxygen atoms in total. The van der Waals surface area contributed by atoms with Crippen LogP contribution < -0.4 is 5.32 Å². The van der Waals surface area contributed by atoms with Crippen LogP contribution in [0.15, 0.2) is 30.5 Å². The number of nitro benzene ring substituents is 1. The molecule has 1 aliphatic carbocycles. The number of rotatable bonds is 5. The second kappa shape index (κ2) is 5.01. The van der Waals surface area contributed by atoms with Gasteiger partial charge in [0.05, 0.1) is 16.7 Å². The van der Waals surface area contributed by atoms with Crippen LogP contribution in [0.25, 0.3) is 5.69 Å². The number of benzene rings is 1. The molecule has 0 radical (unpaired) electrons. The highest BCUT2D eigenvalue weighted by Gasteiger charge is 2.20. The first-order valence-electron chi connectivity index (χ1n) is 6.36. The summed E-state index contributed by atoms with van der Waals surface area (Å²) in [7, 11) is 0. The van der Waals surface area contributed by atoms with Crippen LogP contribution in [0.3, 0.4) is 0 Å². The molecule has 1 aliphatic rings. The standard InChI is InChI=1S/C13H13FN4O2/c14-12-7-11(18(19)20)3-4-13(12)17-6-5-10(16-17)8-15-9-1-2-9/h3-7,9,15H,1-2,8H2. The maximum atomic E-state index is 13.8. The summed E-state index contributed by atoms with van der Waals surface area (Å²) in [5, 5.41) is 18.1. The number of nitro groups is 1. The summed E-state index contributed by atoms with van der Waals surface area (Å²) in [6.07, 6.45) is 4.03. The summed E-state index contributed by atoms with van der Waals surface area (Å²) in [5.41, 5.74) is 0.747. The third kappa shape index (κ3) is 2.67. The molecule has 104 valence electrons. The second-order valence-corrected chi connectivity index (χ2v) is 4.80. The summed E-state index contributed by atoms with van der Waals surface area (Å²) in [6, 6.07) is 5.91. The molecule has 0 unspecified atom stereocenters. The van der Waals surface area contributed by atoms with Crippen LogP contribution in [0.1, 0.15) is 18.5 Å². The Morgan fingerprint density at radius 1 is 1.45 bits per heavy atom. The third-order valence-corrected chi connectivity index (χ3v) is 3.18. The SMILES string of the molecule is O=[N+]([O-])c1ccc(-n2ccc(CNC3CC3)n2)c(F)c1. The van der Waals surface area contributed by atoms with Gasteiger partial charge >= 0.3 is 0 Å². The van der Waals surface area contributed by atoms with Crippen molar-refractivity contribution in [2.45, 2.75) is 25.4 Å². The molecule has 3 rings (SSSR count). The molecule has 1 saturated carbocycles. The molecule has 20 heavy (non-hydrogen) atoms. The average Bonchev–Trinajstić information content (AvgIpc) is 3.14. The van der Waals surface area contributed by atoms with E-state index in [1.165, 1.54) is 29.7 Å².